The first kappa shape index (κ1) is 71.6. The molecular formula is C69H120O6. The minimum atomic E-state index is -0.788. The Labute approximate surface area is 465 Å². The summed E-state index contributed by atoms with van der Waals surface area (Å²) in [5.41, 5.74) is 0. The zero-order valence-electron chi connectivity index (χ0n) is 49.6. The van der Waals surface area contributed by atoms with Gasteiger partial charge in [-0.15, -0.1) is 0 Å². The number of ether oxygens (including phenoxy) is 3. The number of hydrogen-bond donors (Lipinski definition) is 0. The Bertz CT molecular complexity index is 1430. The van der Waals surface area contributed by atoms with Crippen LogP contribution in [0.4, 0.5) is 0 Å². The number of allylic oxidation sites excluding steroid dienone is 14. The number of unbranched alkanes of at least 4 members (excludes halogenated alkanes) is 33. The lowest BCUT2D eigenvalue weighted by Gasteiger charge is -2.18. The Morgan fingerprint density at radius 3 is 0.813 bits per heavy atom. The van der Waals surface area contributed by atoms with Crippen molar-refractivity contribution in [2.75, 3.05) is 13.2 Å². The first-order chi connectivity index (χ1) is 37.0. The monoisotopic (exact) mass is 1040 g/mol. The van der Waals surface area contributed by atoms with Crippen LogP contribution in [0.2, 0.25) is 0 Å². The lowest BCUT2D eigenvalue weighted by Crippen LogP contribution is -2.30. The Kier molecular flexibility index (Phi) is 60.3. The van der Waals surface area contributed by atoms with Crippen LogP contribution in [0, 0.1) is 0 Å². The summed E-state index contributed by atoms with van der Waals surface area (Å²) in [7, 11) is 0. The van der Waals surface area contributed by atoms with Gasteiger partial charge in [-0.05, 0) is 77.0 Å². The molecule has 0 bridgehead atoms. The van der Waals surface area contributed by atoms with Crippen LogP contribution >= 0.6 is 0 Å². The lowest BCUT2D eigenvalue weighted by molar-refractivity contribution is -0.167. The third-order valence-electron chi connectivity index (χ3n) is 13.9. The molecule has 0 rings (SSSR count). The zero-order valence-corrected chi connectivity index (χ0v) is 49.6. The minimum absolute atomic E-state index is 0.0837. The molecular weight excluding hydrogens is 925 g/mol. The van der Waals surface area contributed by atoms with Crippen molar-refractivity contribution in [2.45, 2.75) is 322 Å². The van der Waals surface area contributed by atoms with Crippen LogP contribution in [0.5, 0.6) is 0 Å². The fraction of sp³-hybridized carbons (Fsp3) is 0.754. The third-order valence-corrected chi connectivity index (χ3v) is 13.9. The van der Waals surface area contributed by atoms with Crippen LogP contribution in [-0.4, -0.2) is 37.2 Å². The van der Waals surface area contributed by atoms with Crippen LogP contribution < -0.4 is 0 Å². The Hall–Kier alpha value is -3.41. The molecule has 0 N–H and O–H groups in total. The molecule has 0 aromatic carbocycles. The summed E-state index contributed by atoms with van der Waals surface area (Å²) < 4.78 is 16.9. The summed E-state index contributed by atoms with van der Waals surface area (Å²) in [6.07, 6.45) is 83.2. The van der Waals surface area contributed by atoms with Crippen molar-refractivity contribution >= 4 is 17.9 Å². The molecule has 0 saturated heterocycles. The summed E-state index contributed by atoms with van der Waals surface area (Å²) in [4.78, 5) is 38.2. The highest BCUT2D eigenvalue weighted by molar-refractivity contribution is 5.71. The summed E-state index contributed by atoms with van der Waals surface area (Å²) in [6.45, 7) is 6.51. The highest BCUT2D eigenvalue weighted by Crippen LogP contribution is 2.17. The Morgan fingerprint density at radius 1 is 0.280 bits per heavy atom. The normalized spacial score (nSPS) is 12.6. The molecule has 1 atom stereocenters. The molecule has 0 aliphatic rings. The number of carbonyl (C=O) groups is 3. The van der Waals surface area contributed by atoms with Gasteiger partial charge in [-0.1, -0.05) is 305 Å². The largest absolute Gasteiger partial charge is 0.462 e. The quantitative estimate of drug-likeness (QED) is 0.0261. The van der Waals surface area contributed by atoms with E-state index in [4.69, 9.17) is 14.2 Å². The first-order valence-corrected chi connectivity index (χ1v) is 32.1. The van der Waals surface area contributed by atoms with Crippen molar-refractivity contribution in [1.82, 2.24) is 0 Å². The molecule has 6 heteroatoms. The van der Waals surface area contributed by atoms with Crippen molar-refractivity contribution in [3.05, 3.63) is 85.1 Å². The first-order valence-electron chi connectivity index (χ1n) is 32.1. The van der Waals surface area contributed by atoms with Gasteiger partial charge in [0.05, 0.1) is 0 Å². The summed E-state index contributed by atoms with van der Waals surface area (Å²) in [6, 6.07) is 0. The van der Waals surface area contributed by atoms with Crippen molar-refractivity contribution in [2.24, 2.45) is 0 Å². The maximum Gasteiger partial charge on any atom is 0.306 e. The van der Waals surface area contributed by atoms with Gasteiger partial charge in [-0.25, -0.2) is 0 Å². The van der Waals surface area contributed by atoms with E-state index in [1.165, 1.54) is 167 Å². The SMILES string of the molecule is CC/C=C\C/C=C\C/C=C\C/C=C\C/C=C\C/C=C\C/C=C\CCCCCC(=O)OCC(COC(=O)CCCCCCCCCCC)OC(=O)CCCCCCCCCCCCCCCCCCCCCCCCC. The van der Waals surface area contributed by atoms with E-state index < -0.39 is 6.10 Å². The van der Waals surface area contributed by atoms with E-state index in [0.717, 1.165) is 109 Å². The highest BCUT2D eigenvalue weighted by atomic mass is 16.6. The molecule has 6 nitrogen and oxygen atoms in total. The van der Waals surface area contributed by atoms with Crippen LogP contribution in [-0.2, 0) is 28.6 Å². The van der Waals surface area contributed by atoms with Crippen molar-refractivity contribution in [1.29, 1.82) is 0 Å². The van der Waals surface area contributed by atoms with E-state index in [0.29, 0.717) is 19.3 Å². The van der Waals surface area contributed by atoms with Gasteiger partial charge in [0.15, 0.2) is 6.10 Å². The topological polar surface area (TPSA) is 78.9 Å². The molecule has 75 heavy (non-hydrogen) atoms. The van der Waals surface area contributed by atoms with E-state index in [9.17, 15) is 14.4 Å². The van der Waals surface area contributed by atoms with Gasteiger partial charge in [0.1, 0.15) is 13.2 Å². The number of esters is 3. The van der Waals surface area contributed by atoms with E-state index >= 15 is 0 Å². The van der Waals surface area contributed by atoms with Crippen LogP contribution in [0.3, 0.4) is 0 Å². The fourth-order valence-corrected chi connectivity index (χ4v) is 9.13. The predicted octanol–water partition coefficient (Wildman–Crippen LogP) is 21.9. The average Bonchev–Trinajstić information content (AvgIpc) is 3.41. The van der Waals surface area contributed by atoms with Gasteiger partial charge < -0.3 is 14.2 Å². The van der Waals surface area contributed by atoms with Gasteiger partial charge in [-0.2, -0.15) is 0 Å². The molecule has 0 radical (unpaired) electrons. The molecule has 0 aliphatic heterocycles. The molecule has 0 heterocycles. The van der Waals surface area contributed by atoms with Crippen molar-refractivity contribution < 1.29 is 28.6 Å². The van der Waals surface area contributed by atoms with Crippen LogP contribution in [0.25, 0.3) is 0 Å². The fourth-order valence-electron chi connectivity index (χ4n) is 9.13. The molecule has 1 unspecified atom stereocenters. The second-order valence-electron chi connectivity index (χ2n) is 21.3. The number of hydrogen-bond acceptors (Lipinski definition) is 6. The lowest BCUT2D eigenvalue weighted by atomic mass is 10.0. The van der Waals surface area contributed by atoms with E-state index in [1.54, 1.807) is 0 Å². The van der Waals surface area contributed by atoms with Crippen LogP contribution in [0.15, 0.2) is 85.1 Å². The molecule has 0 saturated carbocycles. The highest BCUT2D eigenvalue weighted by Gasteiger charge is 2.19. The standard InChI is InChI=1S/C69H120O6/c1-4-7-10-13-16-19-21-23-25-27-29-31-33-34-36-37-39-41-43-45-47-50-53-56-59-62-68(71)74-65-66(64-73-67(70)61-58-55-52-49-18-15-12-9-6-3)75-69(72)63-60-57-54-51-48-46-44-42-40-38-35-32-30-28-26-24-22-20-17-14-11-8-5-2/h7,10,16,19,23,25,29,31,34,36,39,41,45,47,66H,4-6,8-9,11-15,17-18,20-22,24,26-28,30,32-33,35,37-38,40,42-44,46,48-65H2,1-3H3/b10-7-,19-16-,25-23-,31-29-,36-34-,41-39-,47-45-. The molecule has 432 valence electrons. The zero-order chi connectivity index (χ0) is 54.3. The minimum Gasteiger partial charge on any atom is -0.462 e. The third kappa shape index (κ3) is 61.3. The van der Waals surface area contributed by atoms with E-state index in [-0.39, 0.29) is 31.1 Å². The number of carbonyl (C=O) groups excluding carboxylic acids is 3. The molecule has 0 aromatic rings. The van der Waals surface area contributed by atoms with Gasteiger partial charge >= 0.3 is 17.9 Å². The molecule has 0 aromatic heterocycles. The molecule has 0 spiro atoms. The summed E-state index contributed by atoms with van der Waals surface area (Å²) in [5, 5.41) is 0. The van der Waals surface area contributed by atoms with Crippen molar-refractivity contribution in [3.63, 3.8) is 0 Å². The Morgan fingerprint density at radius 2 is 0.520 bits per heavy atom. The van der Waals surface area contributed by atoms with Gasteiger partial charge in [0, 0.05) is 19.3 Å². The second kappa shape index (κ2) is 63.1. The maximum atomic E-state index is 12.9. The average molecular weight is 1050 g/mol. The maximum absolute atomic E-state index is 12.9. The van der Waals surface area contributed by atoms with Crippen LogP contribution in [0.1, 0.15) is 316 Å². The van der Waals surface area contributed by atoms with E-state index in [1.807, 2.05) is 0 Å². The predicted molar refractivity (Wildman–Crippen MR) is 325 cm³/mol. The number of rotatable bonds is 58. The smallest absolute Gasteiger partial charge is 0.306 e. The molecule has 0 aliphatic carbocycles. The van der Waals surface area contributed by atoms with Crippen molar-refractivity contribution in [3.8, 4) is 0 Å². The Balaban J connectivity index is 4.27. The summed E-state index contributed by atoms with van der Waals surface area (Å²) in [5.74, 6) is -0.907. The molecule has 0 fully saturated rings. The summed E-state index contributed by atoms with van der Waals surface area (Å²) >= 11 is 0. The van der Waals surface area contributed by atoms with Gasteiger partial charge in [0.25, 0.3) is 0 Å². The van der Waals surface area contributed by atoms with E-state index in [2.05, 4.69) is 106 Å². The van der Waals surface area contributed by atoms with Gasteiger partial charge in [0.2, 0.25) is 0 Å². The molecule has 0 amide bonds. The van der Waals surface area contributed by atoms with Gasteiger partial charge in [-0.3, -0.25) is 14.4 Å². The second-order valence-corrected chi connectivity index (χ2v) is 21.3.